The number of aryl methyl sites for hydroxylation is 1. The van der Waals surface area contributed by atoms with E-state index < -0.39 is 0 Å². The summed E-state index contributed by atoms with van der Waals surface area (Å²) in [6.07, 6.45) is 0. The molecule has 3 aromatic rings. The van der Waals surface area contributed by atoms with Crippen LogP contribution in [0.4, 0.5) is 4.79 Å². The number of methoxy groups -OCH3 is 1. The maximum atomic E-state index is 12.7. The maximum absolute atomic E-state index is 12.7. The van der Waals surface area contributed by atoms with Crippen molar-refractivity contribution in [1.29, 1.82) is 0 Å². The van der Waals surface area contributed by atoms with Crippen molar-refractivity contribution in [2.75, 3.05) is 13.7 Å². The van der Waals surface area contributed by atoms with Gasteiger partial charge in [0.15, 0.2) is 0 Å². The molecule has 0 saturated heterocycles. The van der Waals surface area contributed by atoms with E-state index in [1.54, 1.807) is 12.0 Å². The summed E-state index contributed by atoms with van der Waals surface area (Å²) in [5.74, 6) is 1.56. The highest BCUT2D eigenvalue weighted by Gasteiger charge is 2.35. The molecule has 0 spiro atoms. The fraction of sp³-hybridized carbons (Fsp3) is 0.261. The van der Waals surface area contributed by atoms with Crippen molar-refractivity contribution in [3.05, 3.63) is 71.2 Å². The molecule has 2 amide bonds. The Hall–Kier alpha value is -3.61. The first-order valence-electron chi connectivity index (χ1n) is 9.85. The third-order valence-electron chi connectivity index (χ3n) is 5.31. The SMILES string of the molecule is CCN1C(=O)NC(c2ccc(C)cc2)C(c2nc(-c3cccc(OC)c3)no2)=C1C. The first-order valence-corrected chi connectivity index (χ1v) is 9.85. The number of hydrogen-bond donors (Lipinski definition) is 1. The van der Waals surface area contributed by atoms with Crippen molar-refractivity contribution in [1.82, 2.24) is 20.4 Å². The second-order valence-electron chi connectivity index (χ2n) is 7.19. The highest BCUT2D eigenvalue weighted by atomic mass is 16.5. The predicted molar refractivity (Wildman–Crippen MR) is 114 cm³/mol. The van der Waals surface area contributed by atoms with E-state index in [2.05, 4.69) is 15.5 Å². The minimum Gasteiger partial charge on any atom is -0.497 e. The summed E-state index contributed by atoms with van der Waals surface area (Å²) >= 11 is 0. The topological polar surface area (TPSA) is 80.5 Å². The quantitative estimate of drug-likeness (QED) is 0.674. The number of allylic oxidation sites excluding steroid dienone is 1. The van der Waals surface area contributed by atoms with Crippen molar-refractivity contribution >= 4 is 11.6 Å². The Morgan fingerprint density at radius 3 is 2.63 bits per heavy atom. The fourth-order valence-corrected chi connectivity index (χ4v) is 3.66. The summed E-state index contributed by atoms with van der Waals surface area (Å²) in [5.41, 5.74) is 4.49. The van der Waals surface area contributed by atoms with Crippen LogP contribution in [0, 0.1) is 6.92 Å². The second-order valence-corrected chi connectivity index (χ2v) is 7.19. The van der Waals surface area contributed by atoms with Gasteiger partial charge in [-0.1, -0.05) is 47.1 Å². The highest BCUT2D eigenvalue weighted by molar-refractivity contribution is 5.86. The van der Waals surface area contributed by atoms with Crippen LogP contribution in [0.2, 0.25) is 0 Å². The van der Waals surface area contributed by atoms with Crippen LogP contribution in [-0.2, 0) is 0 Å². The molecule has 1 N–H and O–H groups in total. The van der Waals surface area contributed by atoms with Gasteiger partial charge in [0.25, 0.3) is 5.89 Å². The van der Waals surface area contributed by atoms with Crippen LogP contribution in [0.15, 0.2) is 58.8 Å². The van der Waals surface area contributed by atoms with E-state index in [0.717, 1.165) is 28.0 Å². The predicted octanol–water partition coefficient (Wildman–Crippen LogP) is 4.57. The van der Waals surface area contributed by atoms with Crippen LogP contribution in [0.5, 0.6) is 5.75 Å². The molecule has 0 aliphatic carbocycles. The Morgan fingerprint density at radius 2 is 1.93 bits per heavy atom. The van der Waals surface area contributed by atoms with E-state index in [-0.39, 0.29) is 12.1 Å². The number of carbonyl (C=O) groups excluding carboxylic acids is 1. The van der Waals surface area contributed by atoms with Gasteiger partial charge in [0.05, 0.1) is 18.7 Å². The summed E-state index contributed by atoms with van der Waals surface area (Å²) in [6.45, 7) is 6.41. The van der Waals surface area contributed by atoms with Gasteiger partial charge in [0, 0.05) is 17.8 Å². The van der Waals surface area contributed by atoms with E-state index >= 15 is 0 Å². The van der Waals surface area contributed by atoms with E-state index in [9.17, 15) is 4.79 Å². The average molecular weight is 404 g/mol. The van der Waals surface area contributed by atoms with Crippen LogP contribution in [0.25, 0.3) is 17.0 Å². The molecule has 1 unspecified atom stereocenters. The number of rotatable bonds is 5. The first-order chi connectivity index (χ1) is 14.5. The summed E-state index contributed by atoms with van der Waals surface area (Å²) in [4.78, 5) is 19.0. The summed E-state index contributed by atoms with van der Waals surface area (Å²) in [5, 5.41) is 7.26. The molecule has 1 aromatic heterocycles. The summed E-state index contributed by atoms with van der Waals surface area (Å²) in [6, 6.07) is 15.0. The number of ether oxygens (including phenoxy) is 1. The number of nitrogens with zero attached hydrogens (tertiary/aromatic N) is 3. The zero-order valence-corrected chi connectivity index (χ0v) is 17.5. The molecule has 1 atom stereocenters. The number of amides is 2. The molecule has 4 rings (SSSR count). The second kappa shape index (κ2) is 8.02. The lowest BCUT2D eigenvalue weighted by Gasteiger charge is -2.34. The Balaban J connectivity index is 1.80. The number of carbonyl (C=O) groups is 1. The van der Waals surface area contributed by atoms with Crippen LogP contribution in [0.1, 0.15) is 36.9 Å². The van der Waals surface area contributed by atoms with E-state index in [0.29, 0.717) is 24.0 Å². The summed E-state index contributed by atoms with van der Waals surface area (Å²) in [7, 11) is 1.62. The van der Waals surface area contributed by atoms with Crippen LogP contribution in [-0.4, -0.2) is 34.7 Å². The molecule has 0 bridgehead atoms. The van der Waals surface area contributed by atoms with Gasteiger partial charge >= 0.3 is 6.03 Å². The largest absolute Gasteiger partial charge is 0.497 e. The molecule has 0 radical (unpaired) electrons. The smallest absolute Gasteiger partial charge is 0.322 e. The third-order valence-corrected chi connectivity index (χ3v) is 5.31. The molecule has 7 nitrogen and oxygen atoms in total. The molecule has 1 aliphatic heterocycles. The first kappa shape index (κ1) is 19.7. The lowest BCUT2D eigenvalue weighted by Crippen LogP contribution is -2.45. The lowest BCUT2D eigenvalue weighted by atomic mass is 9.94. The molecular formula is C23H24N4O3. The molecule has 2 heterocycles. The molecule has 7 heteroatoms. The van der Waals surface area contributed by atoms with Gasteiger partial charge < -0.3 is 14.6 Å². The third kappa shape index (κ3) is 3.54. The van der Waals surface area contributed by atoms with E-state index in [4.69, 9.17) is 9.26 Å². The van der Waals surface area contributed by atoms with Gasteiger partial charge in [-0.3, -0.25) is 4.90 Å². The Labute approximate surface area is 175 Å². The van der Waals surface area contributed by atoms with Gasteiger partial charge in [0.2, 0.25) is 5.82 Å². The molecule has 2 aromatic carbocycles. The van der Waals surface area contributed by atoms with E-state index in [1.807, 2.05) is 69.3 Å². The Bertz CT molecular complexity index is 1100. The summed E-state index contributed by atoms with van der Waals surface area (Å²) < 4.78 is 11.0. The van der Waals surface area contributed by atoms with Gasteiger partial charge in [0.1, 0.15) is 5.75 Å². The monoisotopic (exact) mass is 404 g/mol. The number of hydrogen-bond acceptors (Lipinski definition) is 5. The molecule has 154 valence electrons. The molecule has 0 saturated carbocycles. The van der Waals surface area contributed by atoms with Gasteiger partial charge in [-0.05, 0) is 38.5 Å². The number of urea groups is 1. The van der Waals surface area contributed by atoms with Crippen molar-refractivity contribution in [3.63, 3.8) is 0 Å². The number of aromatic nitrogens is 2. The molecular weight excluding hydrogens is 380 g/mol. The van der Waals surface area contributed by atoms with Crippen LogP contribution in [0.3, 0.4) is 0 Å². The zero-order chi connectivity index (χ0) is 21.3. The Kier molecular flexibility index (Phi) is 5.27. The maximum Gasteiger partial charge on any atom is 0.322 e. The Morgan fingerprint density at radius 1 is 1.17 bits per heavy atom. The lowest BCUT2D eigenvalue weighted by molar-refractivity contribution is 0.207. The van der Waals surface area contributed by atoms with Crippen molar-refractivity contribution in [2.24, 2.45) is 0 Å². The normalized spacial score (nSPS) is 16.6. The van der Waals surface area contributed by atoms with Gasteiger partial charge in [-0.15, -0.1) is 0 Å². The fourth-order valence-electron chi connectivity index (χ4n) is 3.66. The highest BCUT2D eigenvalue weighted by Crippen LogP contribution is 2.37. The van der Waals surface area contributed by atoms with Gasteiger partial charge in [-0.2, -0.15) is 4.98 Å². The number of benzene rings is 2. The van der Waals surface area contributed by atoms with Crippen molar-refractivity contribution in [2.45, 2.75) is 26.8 Å². The molecule has 1 aliphatic rings. The zero-order valence-electron chi connectivity index (χ0n) is 17.5. The van der Waals surface area contributed by atoms with Gasteiger partial charge in [-0.25, -0.2) is 4.79 Å². The van der Waals surface area contributed by atoms with Crippen LogP contribution < -0.4 is 10.1 Å². The molecule has 0 fully saturated rings. The average Bonchev–Trinajstić information content (AvgIpc) is 3.24. The minimum atomic E-state index is -0.375. The minimum absolute atomic E-state index is 0.142. The standard InChI is InChI=1S/C23H24N4O3/c1-5-27-15(3)19(20(24-23(27)28)16-11-9-14(2)10-12-16)22-25-21(26-30-22)17-7-6-8-18(13-17)29-4/h6-13,20H,5H2,1-4H3,(H,24,28). The number of nitrogens with one attached hydrogen (secondary N) is 1. The van der Waals surface area contributed by atoms with Crippen molar-refractivity contribution < 1.29 is 14.1 Å². The van der Waals surface area contributed by atoms with Crippen molar-refractivity contribution in [3.8, 4) is 17.1 Å². The van der Waals surface area contributed by atoms with E-state index in [1.165, 1.54) is 0 Å². The van der Waals surface area contributed by atoms with Crippen LogP contribution >= 0.6 is 0 Å². The molecule has 30 heavy (non-hydrogen) atoms.